The first kappa shape index (κ1) is 36.8. The summed E-state index contributed by atoms with van der Waals surface area (Å²) in [6.45, 7) is 7.17. The number of unbranched alkanes of at least 4 members (excludes halogenated alkanes) is 20. The Morgan fingerprint density at radius 3 is 1.38 bits per heavy atom. The standard InChI is InChI=1S/C33H65O5P/c1-4-6-8-10-12-14-16-18-20-22-24-26-31(3)33(34)30-32(38-39(35)36-28-29-37-39)27-25-23-21-19-17-15-13-11-9-7-5-2/h31-32H,4-30H2,1-3H3. The second-order valence-electron chi connectivity index (χ2n) is 12.1. The lowest BCUT2D eigenvalue weighted by Crippen LogP contribution is -2.21. The Balaban J connectivity index is 2.21. The van der Waals surface area contributed by atoms with Gasteiger partial charge in [0, 0.05) is 12.3 Å². The molecule has 1 saturated heterocycles. The maximum atomic E-state index is 13.0. The maximum Gasteiger partial charge on any atom is 0.475 e. The van der Waals surface area contributed by atoms with E-state index in [-0.39, 0.29) is 17.8 Å². The van der Waals surface area contributed by atoms with Crippen molar-refractivity contribution < 1.29 is 22.9 Å². The van der Waals surface area contributed by atoms with Crippen molar-refractivity contribution in [2.75, 3.05) is 13.2 Å². The molecule has 2 atom stereocenters. The Morgan fingerprint density at radius 2 is 0.974 bits per heavy atom. The van der Waals surface area contributed by atoms with Gasteiger partial charge >= 0.3 is 7.82 Å². The molecule has 2 unspecified atom stereocenters. The molecule has 0 aromatic rings. The highest BCUT2D eigenvalue weighted by molar-refractivity contribution is 7.48. The molecule has 0 amide bonds. The van der Waals surface area contributed by atoms with Gasteiger partial charge in [-0.3, -0.25) is 18.4 Å². The molecule has 1 heterocycles. The van der Waals surface area contributed by atoms with Crippen LogP contribution in [0, 0.1) is 5.92 Å². The molecule has 6 heteroatoms. The van der Waals surface area contributed by atoms with Gasteiger partial charge < -0.3 is 0 Å². The summed E-state index contributed by atoms with van der Waals surface area (Å²) in [5.41, 5.74) is 0. The Morgan fingerprint density at radius 1 is 0.615 bits per heavy atom. The second kappa shape index (κ2) is 25.5. The molecule has 0 spiro atoms. The molecule has 1 fully saturated rings. The molecule has 232 valence electrons. The lowest BCUT2D eigenvalue weighted by molar-refractivity contribution is -0.124. The van der Waals surface area contributed by atoms with Crippen LogP contribution in [-0.4, -0.2) is 25.1 Å². The van der Waals surface area contributed by atoms with Crippen LogP contribution in [0.4, 0.5) is 0 Å². The number of phosphoric acid groups is 1. The number of carbonyl (C=O) groups excluding carboxylic acids is 1. The van der Waals surface area contributed by atoms with Crippen LogP contribution in [0.1, 0.15) is 181 Å². The van der Waals surface area contributed by atoms with Crippen LogP contribution in [0.15, 0.2) is 0 Å². The summed E-state index contributed by atoms with van der Waals surface area (Å²) in [6.07, 6.45) is 30.2. The lowest BCUT2D eigenvalue weighted by Gasteiger charge is -2.21. The van der Waals surface area contributed by atoms with Crippen molar-refractivity contribution in [1.82, 2.24) is 0 Å². The third kappa shape index (κ3) is 21.2. The SMILES string of the molecule is CCCCCCCCCCCCCC(CC(=O)C(C)CCCCCCCCCCCCC)OP1(=O)OCCO1. The van der Waals surface area contributed by atoms with Gasteiger partial charge in [-0.05, 0) is 12.8 Å². The molecular weight excluding hydrogens is 507 g/mol. The average Bonchev–Trinajstić information content (AvgIpc) is 3.35. The Hall–Kier alpha value is -0.220. The largest absolute Gasteiger partial charge is 0.475 e. The molecular formula is C33H65O5P. The van der Waals surface area contributed by atoms with Gasteiger partial charge in [0.05, 0.1) is 19.3 Å². The highest BCUT2D eigenvalue weighted by atomic mass is 31.2. The van der Waals surface area contributed by atoms with Crippen LogP contribution < -0.4 is 0 Å². The third-order valence-electron chi connectivity index (χ3n) is 8.21. The molecule has 0 N–H and O–H groups in total. The van der Waals surface area contributed by atoms with E-state index in [0.29, 0.717) is 19.6 Å². The van der Waals surface area contributed by atoms with Crippen molar-refractivity contribution in [3.63, 3.8) is 0 Å². The van der Waals surface area contributed by atoms with Crippen LogP contribution >= 0.6 is 7.82 Å². The first-order valence-corrected chi connectivity index (χ1v) is 18.6. The van der Waals surface area contributed by atoms with Crippen LogP contribution in [0.3, 0.4) is 0 Å². The molecule has 0 aromatic carbocycles. The Labute approximate surface area is 242 Å². The zero-order valence-electron chi connectivity index (χ0n) is 26.2. The van der Waals surface area contributed by atoms with E-state index in [2.05, 4.69) is 13.8 Å². The maximum absolute atomic E-state index is 13.0. The number of rotatable bonds is 29. The minimum atomic E-state index is -3.50. The monoisotopic (exact) mass is 572 g/mol. The molecule has 0 radical (unpaired) electrons. The minimum Gasteiger partial charge on any atom is -0.299 e. The minimum absolute atomic E-state index is 0.0262. The first-order valence-electron chi connectivity index (χ1n) is 17.1. The van der Waals surface area contributed by atoms with E-state index in [4.69, 9.17) is 13.6 Å². The molecule has 0 aromatic heterocycles. The molecule has 39 heavy (non-hydrogen) atoms. The van der Waals surface area contributed by atoms with Gasteiger partial charge in [0.25, 0.3) is 0 Å². The number of hydrogen-bond donors (Lipinski definition) is 0. The number of hydrogen-bond acceptors (Lipinski definition) is 5. The molecule has 1 aliphatic heterocycles. The van der Waals surface area contributed by atoms with Gasteiger partial charge in [-0.1, -0.05) is 162 Å². The van der Waals surface area contributed by atoms with E-state index in [1.54, 1.807) is 0 Å². The van der Waals surface area contributed by atoms with Crippen LogP contribution in [-0.2, 0) is 22.9 Å². The molecule has 0 aliphatic carbocycles. The van der Waals surface area contributed by atoms with Crippen molar-refractivity contribution >= 4 is 13.6 Å². The number of carbonyl (C=O) groups is 1. The van der Waals surface area contributed by atoms with E-state index < -0.39 is 7.82 Å². The smallest absolute Gasteiger partial charge is 0.299 e. The van der Waals surface area contributed by atoms with Crippen LogP contribution in [0.2, 0.25) is 0 Å². The number of ketones is 1. The average molecular weight is 573 g/mol. The molecule has 5 nitrogen and oxygen atoms in total. The van der Waals surface area contributed by atoms with Gasteiger partial charge in [-0.25, -0.2) is 4.57 Å². The first-order chi connectivity index (χ1) is 19.0. The highest BCUT2D eigenvalue weighted by Gasteiger charge is 2.36. The van der Waals surface area contributed by atoms with E-state index >= 15 is 0 Å². The number of Topliss-reactive ketones (excluding diaryl/α,β-unsaturated/α-hetero) is 1. The highest BCUT2D eigenvalue weighted by Crippen LogP contribution is 2.54. The van der Waals surface area contributed by atoms with Crippen molar-refractivity contribution in [2.45, 2.75) is 187 Å². The van der Waals surface area contributed by atoms with Crippen LogP contribution in [0.25, 0.3) is 0 Å². The summed E-state index contributed by atoms with van der Waals surface area (Å²) < 4.78 is 29.0. The fourth-order valence-corrected chi connectivity index (χ4v) is 6.85. The molecule has 0 saturated carbocycles. The lowest BCUT2D eigenvalue weighted by atomic mass is 9.93. The predicted octanol–water partition coefficient (Wildman–Crippen LogP) is 11.5. The zero-order valence-corrected chi connectivity index (χ0v) is 27.1. The second-order valence-corrected chi connectivity index (χ2v) is 13.7. The fourth-order valence-electron chi connectivity index (χ4n) is 5.51. The summed E-state index contributed by atoms with van der Waals surface area (Å²) in [6, 6.07) is 0. The van der Waals surface area contributed by atoms with Gasteiger partial charge in [0.2, 0.25) is 0 Å². The Bertz CT molecular complexity index is 601. The van der Waals surface area contributed by atoms with Crippen molar-refractivity contribution in [3.8, 4) is 0 Å². The van der Waals surface area contributed by atoms with Crippen molar-refractivity contribution in [3.05, 3.63) is 0 Å². The summed E-state index contributed by atoms with van der Waals surface area (Å²) in [4.78, 5) is 13.0. The van der Waals surface area contributed by atoms with E-state index in [1.807, 2.05) is 6.92 Å². The van der Waals surface area contributed by atoms with Gasteiger partial charge in [0.15, 0.2) is 0 Å². The normalized spacial score (nSPS) is 16.5. The van der Waals surface area contributed by atoms with Gasteiger partial charge in [-0.2, -0.15) is 0 Å². The van der Waals surface area contributed by atoms with Crippen LogP contribution in [0.5, 0.6) is 0 Å². The summed E-state index contributed by atoms with van der Waals surface area (Å²) in [7, 11) is -3.50. The topological polar surface area (TPSA) is 61.8 Å². The molecule has 1 rings (SSSR count). The summed E-state index contributed by atoms with van der Waals surface area (Å²) in [5.74, 6) is 0.249. The molecule has 1 aliphatic rings. The van der Waals surface area contributed by atoms with Crippen molar-refractivity contribution in [2.24, 2.45) is 5.92 Å². The third-order valence-corrected chi connectivity index (χ3v) is 9.76. The van der Waals surface area contributed by atoms with E-state index in [0.717, 1.165) is 32.1 Å². The van der Waals surface area contributed by atoms with E-state index in [9.17, 15) is 9.36 Å². The summed E-state index contributed by atoms with van der Waals surface area (Å²) >= 11 is 0. The Kier molecular flexibility index (Phi) is 24.1. The quantitative estimate of drug-likeness (QED) is 0.0659. The number of phosphoric ester groups is 1. The zero-order chi connectivity index (χ0) is 28.4. The van der Waals surface area contributed by atoms with E-state index in [1.165, 1.54) is 122 Å². The van der Waals surface area contributed by atoms with Crippen molar-refractivity contribution in [1.29, 1.82) is 0 Å². The molecule has 0 bridgehead atoms. The van der Waals surface area contributed by atoms with Gasteiger partial charge in [-0.15, -0.1) is 0 Å². The predicted molar refractivity (Wildman–Crippen MR) is 165 cm³/mol. The summed E-state index contributed by atoms with van der Waals surface area (Å²) in [5, 5.41) is 0. The fraction of sp³-hybridized carbons (Fsp3) is 0.970. The van der Waals surface area contributed by atoms with Gasteiger partial charge in [0.1, 0.15) is 5.78 Å².